The predicted molar refractivity (Wildman–Crippen MR) is 68.3 cm³/mol. The summed E-state index contributed by atoms with van der Waals surface area (Å²) >= 11 is 0.810. The first-order valence-corrected chi connectivity index (χ1v) is 6.86. The molecule has 0 saturated carbocycles. The zero-order valence-corrected chi connectivity index (χ0v) is 11.2. The maximum Gasteiger partial charge on any atom is 0.419 e. The van der Waals surface area contributed by atoms with E-state index >= 15 is 0 Å². The molecule has 0 N–H and O–H groups in total. The Morgan fingerprint density at radius 3 is 2.30 bits per heavy atom. The molecule has 1 nitrogen and oxygen atoms in total. The van der Waals surface area contributed by atoms with E-state index in [9.17, 15) is 26.7 Å². The first-order valence-electron chi connectivity index (χ1n) is 5.87. The summed E-state index contributed by atoms with van der Waals surface area (Å²) in [6, 6.07) is 8.25. The number of hydrogen-bond acceptors (Lipinski definition) is 2. The van der Waals surface area contributed by atoms with Gasteiger partial charge in [0.05, 0.1) is 0 Å². The molecule has 0 aliphatic heterocycles. The molecule has 112 valence electrons. The lowest BCUT2D eigenvalue weighted by molar-refractivity contribution is -0.185. The molecule has 0 saturated heterocycles. The largest absolute Gasteiger partial charge is 0.419 e. The summed E-state index contributed by atoms with van der Waals surface area (Å²) in [4.78, 5) is 11.6. The summed E-state index contributed by atoms with van der Waals surface area (Å²) in [6.45, 7) is 0. The zero-order valence-electron chi connectivity index (χ0n) is 10.4. The van der Waals surface area contributed by atoms with Gasteiger partial charge in [-0.2, -0.15) is 13.2 Å². The van der Waals surface area contributed by atoms with Gasteiger partial charge in [0, 0.05) is 17.7 Å². The van der Waals surface area contributed by atoms with Crippen molar-refractivity contribution in [3.05, 3.63) is 35.9 Å². The second-order valence-electron chi connectivity index (χ2n) is 4.13. The number of rotatable bonds is 6. The van der Waals surface area contributed by atoms with Crippen LogP contribution in [0, 0.1) is 0 Å². The Labute approximate surface area is 117 Å². The van der Waals surface area contributed by atoms with Gasteiger partial charge in [-0.1, -0.05) is 42.1 Å². The van der Waals surface area contributed by atoms with E-state index in [0.29, 0.717) is 5.56 Å². The summed E-state index contributed by atoms with van der Waals surface area (Å²) in [7, 11) is 0. The van der Waals surface area contributed by atoms with Crippen molar-refractivity contribution < 1.29 is 26.7 Å². The van der Waals surface area contributed by atoms with Crippen molar-refractivity contribution in [1.29, 1.82) is 0 Å². The van der Waals surface area contributed by atoms with Crippen molar-refractivity contribution in [3.8, 4) is 0 Å². The van der Waals surface area contributed by atoms with Crippen molar-refractivity contribution in [2.24, 2.45) is 0 Å². The Kier molecular flexibility index (Phi) is 6.45. The number of hydrogen-bond donors (Lipinski definition) is 0. The Morgan fingerprint density at radius 2 is 1.75 bits per heavy atom. The zero-order chi connectivity index (χ0) is 15.2. The van der Waals surface area contributed by atoms with Crippen molar-refractivity contribution >= 4 is 16.9 Å². The first-order chi connectivity index (χ1) is 9.30. The number of carbonyl (C=O) groups excluding carboxylic acids is 1. The van der Waals surface area contributed by atoms with Crippen LogP contribution in [0.3, 0.4) is 0 Å². The molecule has 20 heavy (non-hydrogen) atoms. The van der Waals surface area contributed by atoms with E-state index in [1.807, 2.05) is 0 Å². The van der Waals surface area contributed by atoms with E-state index in [4.69, 9.17) is 0 Å². The molecular formula is C13H13F5OS. The molecule has 0 aromatic heterocycles. The summed E-state index contributed by atoms with van der Waals surface area (Å²) in [5, 5.41) is -0.287. The average Bonchev–Trinajstić information content (AvgIpc) is 2.38. The van der Waals surface area contributed by atoms with Crippen LogP contribution in [0.25, 0.3) is 0 Å². The summed E-state index contributed by atoms with van der Waals surface area (Å²) in [5.41, 5.74) is 0.437. The SMILES string of the molecule is O=C(SCCC(F)CC(F)C(F)(F)F)c1ccccc1. The topological polar surface area (TPSA) is 17.1 Å². The van der Waals surface area contributed by atoms with Crippen LogP contribution < -0.4 is 0 Å². The predicted octanol–water partition coefficient (Wildman–Crippen LogP) is 4.58. The third-order valence-electron chi connectivity index (χ3n) is 2.49. The van der Waals surface area contributed by atoms with Crippen molar-refractivity contribution in [3.63, 3.8) is 0 Å². The van der Waals surface area contributed by atoms with Gasteiger partial charge in [0.1, 0.15) is 6.17 Å². The fourth-order valence-corrected chi connectivity index (χ4v) is 2.27. The number of benzene rings is 1. The lowest BCUT2D eigenvalue weighted by Crippen LogP contribution is -2.27. The molecule has 1 aromatic rings. The van der Waals surface area contributed by atoms with E-state index in [-0.39, 0.29) is 17.3 Å². The van der Waals surface area contributed by atoms with Crippen LogP contribution in [0.4, 0.5) is 22.0 Å². The molecule has 7 heteroatoms. The van der Waals surface area contributed by atoms with Gasteiger partial charge in [-0.3, -0.25) is 4.79 Å². The molecular weight excluding hydrogens is 299 g/mol. The van der Waals surface area contributed by atoms with Gasteiger partial charge in [0.2, 0.25) is 5.12 Å². The smallest absolute Gasteiger partial charge is 0.282 e. The third kappa shape index (κ3) is 5.90. The lowest BCUT2D eigenvalue weighted by Gasteiger charge is -2.14. The normalized spacial score (nSPS) is 14.8. The Hall–Kier alpha value is -1.11. The molecule has 0 fully saturated rings. The molecule has 0 heterocycles. The first kappa shape index (κ1) is 16.9. The van der Waals surface area contributed by atoms with E-state index in [2.05, 4.69) is 0 Å². The number of alkyl halides is 5. The number of carbonyl (C=O) groups is 1. The summed E-state index contributed by atoms with van der Waals surface area (Å²) in [6.07, 6.45) is -11.6. The number of halogens is 5. The highest BCUT2D eigenvalue weighted by Gasteiger charge is 2.41. The molecule has 2 unspecified atom stereocenters. The molecule has 0 radical (unpaired) electrons. The van der Waals surface area contributed by atoms with Crippen LogP contribution >= 0.6 is 11.8 Å². The fourth-order valence-electron chi connectivity index (χ4n) is 1.41. The van der Waals surface area contributed by atoms with E-state index in [1.54, 1.807) is 30.3 Å². The van der Waals surface area contributed by atoms with Gasteiger partial charge in [0.25, 0.3) is 0 Å². The molecule has 0 bridgehead atoms. The summed E-state index contributed by atoms with van der Waals surface area (Å²) < 4.78 is 61.4. The van der Waals surface area contributed by atoms with Gasteiger partial charge in [-0.05, 0) is 6.42 Å². The van der Waals surface area contributed by atoms with Gasteiger partial charge in [0.15, 0.2) is 6.17 Å². The van der Waals surface area contributed by atoms with Crippen molar-refractivity contribution in [2.45, 2.75) is 31.4 Å². The summed E-state index contributed by atoms with van der Waals surface area (Å²) in [5.74, 6) is 0.0134. The quantitative estimate of drug-likeness (QED) is 0.715. The molecule has 0 spiro atoms. The van der Waals surface area contributed by atoms with Gasteiger partial charge < -0.3 is 0 Å². The standard InChI is InChI=1S/C13H13F5OS/c14-10(8-11(15)13(16,17)18)6-7-20-12(19)9-4-2-1-3-5-9/h1-5,10-11H,6-8H2. The monoisotopic (exact) mass is 312 g/mol. The van der Waals surface area contributed by atoms with E-state index in [1.165, 1.54) is 0 Å². The van der Waals surface area contributed by atoms with Crippen LogP contribution in [-0.2, 0) is 0 Å². The van der Waals surface area contributed by atoms with Gasteiger partial charge >= 0.3 is 6.18 Å². The van der Waals surface area contributed by atoms with Crippen LogP contribution in [0.2, 0.25) is 0 Å². The second kappa shape index (κ2) is 7.61. The van der Waals surface area contributed by atoms with Crippen LogP contribution in [0.15, 0.2) is 30.3 Å². The van der Waals surface area contributed by atoms with Gasteiger partial charge in [-0.25, -0.2) is 8.78 Å². The molecule has 0 aliphatic carbocycles. The molecule has 1 aromatic carbocycles. The maximum atomic E-state index is 13.2. The number of thioether (sulfide) groups is 1. The van der Waals surface area contributed by atoms with Crippen LogP contribution in [-0.4, -0.2) is 29.4 Å². The Morgan fingerprint density at radius 1 is 1.15 bits per heavy atom. The van der Waals surface area contributed by atoms with E-state index < -0.39 is 24.9 Å². The maximum absolute atomic E-state index is 13.2. The average molecular weight is 312 g/mol. The minimum absolute atomic E-state index is 0.0134. The minimum atomic E-state index is -5.03. The van der Waals surface area contributed by atoms with Crippen LogP contribution in [0.5, 0.6) is 0 Å². The molecule has 1 rings (SSSR count). The third-order valence-corrected chi connectivity index (χ3v) is 3.43. The molecule has 0 aliphatic rings. The highest BCUT2D eigenvalue weighted by molar-refractivity contribution is 8.14. The van der Waals surface area contributed by atoms with Gasteiger partial charge in [-0.15, -0.1) is 0 Å². The van der Waals surface area contributed by atoms with Crippen LogP contribution in [0.1, 0.15) is 23.2 Å². The lowest BCUT2D eigenvalue weighted by atomic mass is 10.1. The van der Waals surface area contributed by atoms with Crippen molar-refractivity contribution in [1.82, 2.24) is 0 Å². The van der Waals surface area contributed by atoms with E-state index in [0.717, 1.165) is 11.8 Å². The highest BCUT2D eigenvalue weighted by atomic mass is 32.2. The second-order valence-corrected chi connectivity index (χ2v) is 5.20. The minimum Gasteiger partial charge on any atom is -0.282 e. The molecule has 0 amide bonds. The Balaban J connectivity index is 2.29. The fraction of sp³-hybridized carbons (Fsp3) is 0.462. The molecule has 2 atom stereocenters. The van der Waals surface area contributed by atoms with Crippen molar-refractivity contribution in [2.75, 3.05) is 5.75 Å². The highest BCUT2D eigenvalue weighted by Crippen LogP contribution is 2.28. The Bertz CT molecular complexity index is 421.